The molecule has 1 aliphatic heterocycles. The lowest BCUT2D eigenvalue weighted by Gasteiger charge is -2.14. The van der Waals surface area contributed by atoms with Gasteiger partial charge in [0.25, 0.3) is 5.56 Å². The third-order valence-electron chi connectivity index (χ3n) is 4.30. The van der Waals surface area contributed by atoms with Gasteiger partial charge in [-0.25, -0.2) is 14.5 Å². The summed E-state index contributed by atoms with van der Waals surface area (Å²) in [6.07, 6.45) is 4.11. The van der Waals surface area contributed by atoms with Crippen LogP contribution >= 0.6 is 11.8 Å². The molecule has 0 spiro atoms. The number of aromatic nitrogens is 3. The molecule has 1 aromatic carbocycles. The SMILES string of the molecule is Cc1ccnc(-n2c(SCC3CCCO3)nc3ccccc3c2=O)c1. The number of pyridine rings is 1. The highest BCUT2D eigenvalue weighted by Gasteiger charge is 2.19. The molecule has 128 valence electrons. The second-order valence-corrected chi connectivity index (χ2v) is 7.18. The van der Waals surface area contributed by atoms with Crippen molar-refractivity contribution in [3.8, 4) is 5.82 Å². The van der Waals surface area contributed by atoms with E-state index in [2.05, 4.69) is 4.98 Å². The Bertz CT molecular complexity index is 964. The van der Waals surface area contributed by atoms with Crippen molar-refractivity contribution in [3.05, 3.63) is 58.5 Å². The summed E-state index contributed by atoms with van der Waals surface area (Å²) in [5, 5.41) is 1.27. The van der Waals surface area contributed by atoms with E-state index in [0.29, 0.717) is 21.9 Å². The molecule has 1 fully saturated rings. The first-order valence-electron chi connectivity index (χ1n) is 8.41. The maximum absolute atomic E-state index is 13.1. The molecule has 1 aliphatic rings. The van der Waals surface area contributed by atoms with Gasteiger partial charge in [0.05, 0.1) is 17.0 Å². The summed E-state index contributed by atoms with van der Waals surface area (Å²) < 4.78 is 7.33. The second kappa shape index (κ2) is 6.98. The molecule has 6 heteroatoms. The zero-order chi connectivity index (χ0) is 17.2. The third-order valence-corrected chi connectivity index (χ3v) is 5.37. The standard InChI is InChI=1S/C19H19N3O2S/c1-13-8-9-20-17(11-13)22-18(23)15-6-2-3-7-16(15)21-19(22)25-12-14-5-4-10-24-14/h2-3,6-9,11,14H,4-5,10,12H2,1H3. The fourth-order valence-electron chi connectivity index (χ4n) is 3.00. The van der Waals surface area contributed by atoms with Gasteiger partial charge in [0.2, 0.25) is 0 Å². The Balaban J connectivity index is 1.83. The van der Waals surface area contributed by atoms with Gasteiger partial charge in [-0.15, -0.1) is 0 Å². The summed E-state index contributed by atoms with van der Waals surface area (Å²) in [5.74, 6) is 1.40. The van der Waals surface area contributed by atoms with Gasteiger partial charge < -0.3 is 4.74 Å². The van der Waals surface area contributed by atoms with Gasteiger partial charge in [-0.05, 0) is 49.6 Å². The minimum atomic E-state index is -0.0847. The molecule has 0 saturated carbocycles. The highest BCUT2D eigenvalue weighted by atomic mass is 32.2. The number of nitrogens with zero attached hydrogens (tertiary/aromatic N) is 3. The van der Waals surface area contributed by atoms with Gasteiger partial charge in [-0.1, -0.05) is 23.9 Å². The van der Waals surface area contributed by atoms with Crippen molar-refractivity contribution in [3.63, 3.8) is 0 Å². The van der Waals surface area contributed by atoms with Crippen LogP contribution in [0.1, 0.15) is 18.4 Å². The third kappa shape index (κ3) is 3.32. The Hall–Kier alpha value is -2.18. The fraction of sp³-hybridized carbons (Fsp3) is 0.316. The molecule has 4 rings (SSSR count). The first-order valence-corrected chi connectivity index (χ1v) is 9.40. The van der Waals surface area contributed by atoms with Crippen molar-refractivity contribution in [1.82, 2.24) is 14.5 Å². The van der Waals surface area contributed by atoms with Gasteiger partial charge >= 0.3 is 0 Å². The van der Waals surface area contributed by atoms with E-state index in [1.165, 1.54) is 0 Å². The van der Waals surface area contributed by atoms with Gasteiger partial charge in [-0.2, -0.15) is 0 Å². The summed E-state index contributed by atoms with van der Waals surface area (Å²) in [6.45, 7) is 2.81. The monoisotopic (exact) mass is 353 g/mol. The quantitative estimate of drug-likeness (QED) is 0.532. The molecular formula is C19H19N3O2S. The van der Waals surface area contributed by atoms with E-state index in [1.807, 2.05) is 43.3 Å². The number of hydrogen-bond acceptors (Lipinski definition) is 5. The van der Waals surface area contributed by atoms with Crippen LogP contribution in [0.3, 0.4) is 0 Å². The Labute approximate surface area is 150 Å². The van der Waals surface area contributed by atoms with Crippen molar-refractivity contribution in [2.24, 2.45) is 0 Å². The topological polar surface area (TPSA) is 57.0 Å². The minimum absolute atomic E-state index is 0.0847. The molecule has 0 bridgehead atoms. The predicted octanol–water partition coefficient (Wildman–Crippen LogP) is 3.36. The lowest BCUT2D eigenvalue weighted by molar-refractivity contribution is 0.129. The summed E-state index contributed by atoms with van der Waals surface area (Å²) in [7, 11) is 0. The number of ether oxygens (including phenoxy) is 1. The van der Waals surface area contributed by atoms with Gasteiger partial charge in [0.15, 0.2) is 5.16 Å². The Morgan fingerprint density at radius 1 is 1.32 bits per heavy atom. The van der Waals surface area contributed by atoms with Crippen molar-refractivity contribution in [1.29, 1.82) is 0 Å². The summed E-state index contributed by atoms with van der Waals surface area (Å²) >= 11 is 1.56. The first-order chi connectivity index (χ1) is 12.2. The molecule has 1 saturated heterocycles. The van der Waals surface area contributed by atoms with Crippen LogP contribution < -0.4 is 5.56 Å². The molecule has 1 unspecified atom stereocenters. The highest BCUT2D eigenvalue weighted by Crippen LogP contribution is 2.25. The molecule has 2 aromatic heterocycles. The minimum Gasteiger partial charge on any atom is -0.377 e. The molecule has 25 heavy (non-hydrogen) atoms. The maximum Gasteiger partial charge on any atom is 0.267 e. The van der Waals surface area contributed by atoms with Crippen molar-refractivity contribution in [2.45, 2.75) is 31.0 Å². The number of benzene rings is 1. The van der Waals surface area contributed by atoms with E-state index >= 15 is 0 Å². The zero-order valence-electron chi connectivity index (χ0n) is 14.0. The van der Waals surface area contributed by atoms with Crippen molar-refractivity contribution in [2.75, 3.05) is 12.4 Å². The summed E-state index contributed by atoms with van der Waals surface area (Å²) in [5.41, 5.74) is 1.69. The molecular weight excluding hydrogens is 334 g/mol. The van der Waals surface area contributed by atoms with Crippen LogP contribution in [-0.4, -0.2) is 33.0 Å². The lowest BCUT2D eigenvalue weighted by Crippen LogP contribution is -2.23. The Kier molecular flexibility index (Phi) is 4.55. The smallest absolute Gasteiger partial charge is 0.267 e. The van der Waals surface area contributed by atoms with E-state index < -0.39 is 0 Å². The van der Waals surface area contributed by atoms with E-state index in [0.717, 1.165) is 30.8 Å². The van der Waals surface area contributed by atoms with E-state index in [-0.39, 0.29) is 11.7 Å². The van der Waals surface area contributed by atoms with Crippen LogP contribution in [-0.2, 0) is 4.74 Å². The normalized spacial score (nSPS) is 17.2. The Morgan fingerprint density at radius 2 is 2.20 bits per heavy atom. The van der Waals surface area contributed by atoms with Gasteiger partial charge in [0, 0.05) is 18.6 Å². The van der Waals surface area contributed by atoms with E-state index in [1.54, 1.807) is 22.5 Å². The molecule has 1 atom stereocenters. The number of fused-ring (bicyclic) bond motifs is 1. The fourth-order valence-corrected chi connectivity index (χ4v) is 4.06. The number of para-hydroxylation sites is 1. The van der Waals surface area contributed by atoms with Gasteiger partial charge in [-0.3, -0.25) is 4.79 Å². The van der Waals surface area contributed by atoms with Crippen LogP contribution in [0.25, 0.3) is 16.7 Å². The van der Waals surface area contributed by atoms with Gasteiger partial charge in [0.1, 0.15) is 5.82 Å². The Morgan fingerprint density at radius 3 is 3.00 bits per heavy atom. The second-order valence-electron chi connectivity index (χ2n) is 6.19. The summed E-state index contributed by atoms with van der Waals surface area (Å²) in [4.78, 5) is 22.2. The molecule has 0 radical (unpaired) electrons. The largest absolute Gasteiger partial charge is 0.377 e. The number of hydrogen-bond donors (Lipinski definition) is 0. The van der Waals surface area contributed by atoms with E-state index in [9.17, 15) is 4.79 Å². The van der Waals surface area contributed by atoms with E-state index in [4.69, 9.17) is 9.72 Å². The first kappa shape index (κ1) is 16.3. The number of rotatable bonds is 4. The highest BCUT2D eigenvalue weighted by molar-refractivity contribution is 7.99. The van der Waals surface area contributed by atoms with Crippen LogP contribution in [0.2, 0.25) is 0 Å². The average Bonchev–Trinajstić information content (AvgIpc) is 3.13. The zero-order valence-corrected chi connectivity index (χ0v) is 14.8. The number of aryl methyl sites for hydroxylation is 1. The molecule has 0 amide bonds. The lowest BCUT2D eigenvalue weighted by atomic mass is 10.2. The molecule has 3 heterocycles. The van der Waals surface area contributed by atoms with Crippen LogP contribution in [0.4, 0.5) is 0 Å². The van der Waals surface area contributed by atoms with Crippen LogP contribution in [0.5, 0.6) is 0 Å². The van der Waals surface area contributed by atoms with Crippen LogP contribution in [0, 0.1) is 6.92 Å². The molecule has 0 aliphatic carbocycles. The molecule has 3 aromatic rings. The maximum atomic E-state index is 13.1. The molecule has 0 N–H and O–H groups in total. The number of thioether (sulfide) groups is 1. The van der Waals surface area contributed by atoms with Crippen LogP contribution in [0.15, 0.2) is 52.5 Å². The predicted molar refractivity (Wildman–Crippen MR) is 99.6 cm³/mol. The van der Waals surface area contributed by atoms with Crippen molar-refractivity contribution >= 4 is 22.7 Å². The summed E-state index contributed by atoms with van der Waals surface area (Å²) in [6, 6.07) is 11.3. The molecule has 5 nitrogen and oxygen atoms in total. The van der Waals surface area contributed by atoms with Crippen molar-refractivity contribution < 1.29 is 4.74 Å². The average molecular weight is 353 g/mol.